The topological polar surface area (TPSA) is 0 Å². The third-order valence-corrected chi connectivity index (χ3v) is 10.4. The molecule has 0 aromatic rings. The van der Waals surface area contributed by atoms with Crippen LogP contribution in [0.4, 0.5) is 0 Å². The van der Waals surface area contributed by atoms with Crippen LogP contribution in [0, 0.1) is 79.8 Å². The predicted octanol–water partition coefficient (Wildman–Crippen LogP) is 16.4. The smallest absolute Gasteiger partial charge is 0.335 e. The van der Waals surface area contributed by atoms with E-state index >= 15 is 0 Å². The summed E-state index contributed by atoms with van der Waals surface area (Å²) < 4.78 is 0. The summed E-state index contributed by atoms with van der Waals surface area (Å²) in [5.74, 6) is 7.87. The molecule has 0 spiro atoms. The molecule has 0 heterocycles. The van der Waals surface area contributed by atoms with Crippen LogP contribution >= 0.6 is 0 Å². The van der Waals surface area contributed by atoms with Gasteiger partial charge >= 0.3 is 18.6 Å². The fourth-order valence-electron chi connectivity index (χ4n) is 3.69. The van der Waals surface area contributed by atoms with Crippen molar-refractivity contribution in [2.75, 3.05) is 0 Å². The van der Waals surface area contributed by atoms with Crippen molar-refractivity contribution in [1.82, 2.24) is 0 Å². The third kappa shape index (κ3) is 29.3. The van der Waals surface area contributed by atoms with Crippen molar-refractivity contribution in [3.05, 3.63) is 24.0 Å². The SMILES string of the molecule is CC(=C(C)C(C)(C)C)C(C)(C)C.CC(C)(C)C#CC(C)(C)C.CC(C)C(C)(C)C(C)(C)C(C)(C)C.C[CH-]C.C[CH-]C(C)C(C)(C)C.[V+2]. The van der Waals surface area contributed by atoms with E-state index in [9.17, 15) is 0 Å². The summed E-state index contributed by atoms with van der Waals surface area (Å²) in [7, 11) is 0. The van der Waals surface area contributed by atoms with Gasteiger partial charge in [0.25, 0.3) is 0 Å². The van der Waals surface area contributed by atoms with E-state index in [1.54, 1.807) is 0 Å². The first-order chi connectivity index (χ1) is 19.6. The van der Waals surface area contributed by atoms with Crippen LogP contribution in [0.1, 0.15) is 208 Å². The first-order valence-corrected chi connectivity index (χ1v) is 18.4. The van der Waals surface area contributed by atoms with Gasteiger partial charge in [0.2, 0.25) is 0 Å². The Bertz CT molecular complexity index is 827. The van der Waals surface area contributed by atoms with Gasteiger partial charge in [0.1, 0.15) is 0 Å². The zero-order valence-corrected chi connectivity index (χ0v) is 40.2. The average Bonchev–Trinajstić information content (AvgIpc) is 2.79. The molecular weight excluding hydrogens is 603 g/mol. The van der Waals surface area contributed by atoms with E-state index in [0.29, 0.717) is 32.5 Å². The van der Waals surface area contributed by atoms with Crippen molar-refractivity contribution in [2.45, 2.75) is 208 Å². The molecule has 0 aromatic carbocycles. The minimum Gasteiger partial charge on any atom is -0.335 e. The molecule has 0 amide bonds. The van der Waals surface area contributed by atoms with Crippen LogP contribution in [0.3, 0.4) is 0 Å². The summed E-state index contributed by atoms with van der Waals surface area (Å²) in [5.41, 5.74) is 5.52. The zero-order chi connectivity index (χ0) is 39.1. The van der Waals surface area contributed by atoms with E-state index in [4.69, 9.17) is 0 Å². The molecule has 0 saturated heterocycles. The quantitative estimate of drug-likeness (QED) is 0.156. The van der Waals surface area contributed by atoms with E-state index in [1.807, 2.05) is 20.3 Å². The molecule has 47 heavy (non-hydrogen) atoms. The molecule has 0 N–H and O–H groups in total. The molecule has 0 aliphatic carbocycles. The second kappa shape index (κ2) is 22.6. The normalized spacial score (nSPS) is 14.0. The second-order valence-electron chi connectivity index (χ2n) is 21.3. The van der Waals surface area contributed by atoms with Gasteiger partial charge in [0.15, 0.2) is 0 Å². The Kier molecular flexibility index (Phi) is 28.5. The van der Waals surface area contributed by atoms with Gasteiger partial charge in [-0.3, -0.25) is 0 Å². The molecule has 1 radical (unpaired) electrons. The molecule has 1 unspecified atom stereocenters. The van der Waals surface area contributed by atoms with E-state index in [0.717, 1.165) is 11.8 Å². The van der Waals surface area contributed by atoms with Crippen LogP contribution in [-0.2, 0) is 18.6 Å². The van der Waals surface area contributed by atoms with Crippen molar-refractivity contribution in [1.29, 1.82) is 0 Å². The van der Waals surface area contributed by atoms with Gasteiger partial charge in [-0.25, -0.2) is 0 Å². The van der Waals surface area contributed by atoms with Crippen LogP contribution < -0.4 is 0 Å². The van der Waals surface area contributed by atoms with Crippen molar-refractivity contribution in [3.8, 4) is 11.8 Å². The van der Waals surface area contributed by atoms with Gasteiger partial charge in [-0.1, -0.05) is 160 Å². The van der Waals surface area contributed by atoms with E-state index < -0.39 is 0 Å². The maximum absolute atomic E-state index is 3.21. The monoisotopic (exact) mass is 698 g/mol. The van der Waals surface area contributed by atoms with Crippen LogP contribution in [0.5, 0.6) is 0 Å². The van der Waals surface area contributed by atoms with Gasteiger partial charge < -0.3 is 12.8 Å². The van der Waals surface area contributed by atoms with Crippen molar-refractivity contribution in [2.24, 2.45) is 55.2 Å². The largest absolute Gasteiger partial charge is 2.00 e. The number of allylic oxidation sites excluding steroid dienone is 2. The van der Waals surface area contributed by atoms with Gasteiger partial charge in [-0.2, -0.15) is 26.7 Å². The summed E-state index contributed by atoms with van der Waals surface area (Å²) in [4.78, 5) is 0. The van der Waals surface area contributed by atoms with Crippen LogP contribution in [0.25, 0.3) is 0 Å². The fraction of sp³-hybridized carbons (Fsp3) is 0.870. The van der Waals surface area contributed by atoms with Crippen LogP contribution in [0.2, 0.25) is 0 Å². The Labute approximate surface area is 316 Å². The van der Waals surface area contributed by atoms with E-state index in [1.165, 1.54) is 11.1 Å². The third-order valence-electron chi connectivity index (χ3n) is 10.4. The van der Waals surface area contributed by atoms with Gasteiger partial charge in [-0.15, -0.1) is 0 Å². The predicted molar refractivity (Wildman–Crippen MR) is 220 cm³/mol. The molecule has 1 atom stereocenters. The number of hydrogen-bond acceptors (Lipinski definition) is 0. The summed E-state index contributed by atoms with van der Waals surface area (Å²) in [6, 6.07) is 0. The molecular formula is C46H94V. The summed E-state index contributed by atoms with van der Waals surface area (Å²) in [6.45, 7) is 67.4. The zero-order valence-electron chi connectivity index (χ0n) is 38.8. The first-order valence-electron chi connectivity index (χ1n) is 18.4. The Morgan fingerprint density at radius 3 is 0.787 bits per heavy atom. The molecule has 0 nitrogen and oxygen atoms in total. The second-order valence-corrected chi connectivity index (χ2v) is 21.3. The Morgan fingerprint density at radius 2 is 0.723 bits per heavy atom. The molecule has 1 heteroatoms. The summed E-state index contributed by atoms with van der Waals surface area (Å²) in [5, 5.41) is 0. The standard InChI is InChI=1S/C13H28.C12H24.C10H18.C8H17.C3H7.V/c1-10(2)12(6,7)13(8,9)11(3,4)5;1-9(11(3,4)5)10(2)12(6,7)8;1-9(2,3)7-8-10(4,5)6;1-6-7(2)8(3,4)5;1-3-2;/h10H,1-9H3;1-8H3;1-6H3;6-7H,1-5H3;3H,1-2H3;/q;;;2*-1;+2. The van der Waals surface area contributed by atoms with Gasteiger partial charge in [0, 0.05) is 10.8 Å². The molecule has 0 bridgehead atoms. The minimum atomic E-state index is 0. The van der Waals surface area contributed by atoms with Gasteiger partial charge in [-0.05, 0) is 88.4 Å². The molecule has 283 valence electrons. The van der Waals surface area contributed by atoms with E-state index in [-0.39, 0.29) is 29.4 Å². The van der Waals surface area contributed by atoms with Crippen molar-refractivity contribution < 1.29 is 18.6 Å². The molecule has 0 aliphatic heterocycles. The van der Waals surface area contributed by atoms with E-state index in [2.05, 4.69) is 212 Å². The fourth-order valence-corrected chi connectivity index (χ4v) is 3.69. The molecule has 0 aromatic heterocycles. The Hall–Kier alpha value is -0.116. The maximum Gasteiger partial charge on any atom is 2.00 e. The molecule has 0 aliphatic rings. The van der Waals surface area contributed by atoms with Gasteiger partial charge in [0.05, 0.1) is 0 Å². The van der Waals surface area contributed by atoms with Crippen LogP contribution in [-0.4, -0.2) is 0 Å². The van der Waals surface area contributed by atoms with Crippen LogP contribution in [0.15, 0.2) is 11.1 Å². The average molecular weight is 698 g/mol. The molecule has 0 fully saturated rings. The molecule has 0 rings (SSSR count). The van der Waals surface area contributed by atoms with Crippen molar-refractivity contribution >= 4 is 0 Å². The summed E-state index contributed by atoms with van der Waals surface area (Å²) in [6.07, 6.45) is 4.25. The first kappa shape index (κ1) is 59.1. The number of rotatable bonds is 3. The number of hydrogen-bond donors (Lipinski definition) is 0. The van der Waals surface area contributed by atoms with Crippen molar-refractivity contribution in [3.63, 3.8) is 0 Å². The molecule has 0 saturated carbocycles. The minimum absolute atomic E-state index is 0. The Balaban J connectivity index is -0.000000116. The maximum atomic E-state index is 3.21. The Morgan fingerprint density at radius 1 is 0.489 bits per heavy atom. The summed E-state index contributed by atoms with van der Waals surface area (Å²) >= 11 is 0.